The van der Waals surface area contributed by atoms with Crippen LogP contribution < -0.4 is 5.32 Å². The summed E-state index contributed by atoms with van der Waals surface area (Å²) in [5.74, 6) is -0.117. The van der Waals surface area contributed by atoms with E-state index in [1.807, 2.05) is 6.92 Å². The highest BCUT2D eigenvalue weighted by Crippen LogP contribution is 2.18. The van der Waals surface area contributed by atoms with E-state index in [9.17, 15) is 4.79 Å². The summed E-state index contributed by atoms with van der Waals surface area (Å²) in [6.07, 6.45) is 1.28. The summed E-state index contributed by atoms with van der Waals surface area (Å²) in [4.78, 5) is 15.3. The zero-order valence-electron chi connectivity index (χ0n) is 9.28. The van der Waals surface area contributed by atoms with Crippen molar-refractivity contribution in [3.05, 3.63) is 0 Å². The van der Waals surface area contributed by atoms with Crippen molar-refractivity contribution >= 4 is 22.9 Å². The third-order valence-corrected chi connectivity index (χ3v) is 2.99. The third kappa shape index (κ3) is 5.06. The summed E-state index contributed by atoms with van der Waals surface area (Å²) in [7, 11) is 0. The van der Waals surface area contributed by atoms with Crippen molar-refractivity contribution in [3.63, 3.8) is 0 Å². The average Bonchev–Trinajstić information content (AvgIpc) is 2.60. The number of rotatable bonds is 5. The van der Waals surface area contributed by atoms with Gasteiger partial charge in [-0.1, -0.05) is 18.7 Å². The van der Waals surface area contributed by atoms with E-state index >= 15 is 0 Å². The number of nitrogens with one attached hydrogen (secondary N) is 1. The standard InChI is InChI=1S/C10H18N2O2S/c1-3-14-9(13)5-4-6-11-10-12-7-8(2)15-10/h8H,3-7H2,1-2H3,(H,11,12). The molecule has 1 aliphatic rings. The van der Waals surface area contributed by atoms with Crippen molar-refractivity contribution in [1.82, 2.24) is 5.32 Å². The molecule has 15 heavy (non-hydrogen) atoms. The van der Waals surface area contributed by atoms with E-state index in [2.05, 4.69) is 17.2 Å². The molecule has 0 saturated heterocycles. The Morgan fingerprint density at radius 1 is 1.73 bits per heavy atom. The second kappa shape index (κ2) is 6.71. The summed E-state index contributed by atoms with van der Waals surface area (Å²) in [6, 6.07) is 0. The Kier molecular flexibility index (Phi) is 5.53. The van der Waals surface area contributed by atoms with Crippen LogP contribution in [-0.4, -0.2) is 36.1 Å². The van der Waals surface area contributed by atoms with E-state index < -0.39 is 0 Å². The number of hydrogen-bond donors (Lipinski definition) is 1. The molecule has 1 aliphatic heterocycles. The minimum atomic E-state index is -0.117. The summed E-state index contributed by atoms with van der Waals surface area (Å²) < 4.78 is 4.83. The van der Waals surface area contributed by atoms with E-state index in [1.165, 1.54) is 0 Å². The highest BCUT2D eigenvalue weighted by Gasteiger charge is 2.13. The molecular formula is C10H18N2O2S. The fourth-order valence-electron chi connectivity index (χ4n) is 1.24. The molecule has 0 aromatic carbocycles. The number of thioether (sulfide) groups is 1. The minimum Gasteiger partial charge on any atom is -0.466 e. The largest absolute Gasteiger partial charge is 0.466 e. The molecule has 1 heterocycles. The lowest BCUT2D eigenvalue weighted by Gasteiger charge is -2.05. The van der Waals surface area contributed by atoms with Crippen molar-refractivity contribution < 1.29 is 9.53 Å². The predicted molar refractivity (Wildman–Crippen MR) is 63.2 cm³/mol. The van der Waals surface area contributed by atoms with E-state index in [1.54, 1.807) is 11.8 Å². The van der Waals surface area contributed by atoms with Crippen LogP contribution in [0, 0.1) is 0 Å². The van der Waals surface area contributed by atoms with Crippen LogP contribution in [0.4, 0.5) is 0 Å². The van der Waals surface area contributed by atoms with E-state index in [0.29, 0.717) is 18.3 Å². The predicted octanol–water partition coefficient (Wildman–Crippen LogP) is 1.41. The number of amidine groups is 1. The van der Waals surface area contributed by atoms with Gasteiger partial charge >= 0.3 is 5.97 Å². The Hall–Kier alpha value is -0.710. The molecule has 0 aromatic heterocycles. The first-order chi connectivity index (χ1) is 7.22. The number of aliphatic imine (C=N–C) groups is 1. The smallest absolute Gasteiger partial charge is 0.305 e. The van der Waals surface area contributed by atoms with Crippen LogP contribution in [-0.2, 0) is 9.53 Å². The molecule has 4 nitrogen and oxygen atoms in total. The van der Waals surface area contributed by atoms with Crippen molar-refractivity contribution in [2.45, 2.75) is 31.9 Å². The zero-order valence-corrected chi connectivity index (χ0v) is 10.1. The van der Waals surface area contributed by atoms with Crippen molar-refractivity contribution in [2.75, 3.05) is 19.7 Å². The number of hydrogen-bond acceptors (Lipinski definition) is 5. The maximum absolute atomic E-state index is 11.0. The second-order valence-electron chi connectivity index (χ2n) is 3.41. The SMILES string of the molecule is CCOC(=O)CCCNC1=NCC(C)S1. The Balaban J connectivity index is 2.00. The van der Waals surface area contributed by atoms with Crippen molar-refractivity contribution in [2.24, 2.45) is 4.99 Å². The molecule has 0 radical (unpaired) electrons. The van der Waals surface area contributed by atoms with Gasteiger partial charge in [0.2, 0.25) is 0 Å². The molecule has 86 valence electrons. The fraction of sp³-hybridized carbons (Fsp3) is 0.800. The van der Waals surface area contributed by atoms with Gasteiger partial charge in [-0.2, -0.15) is 0 Å². The lowest BCUT2D eigenvalue weighted by Crippen LogP contribution is -2.21. The monoisotopic (exact) mass is 230 g/mol. The fourth-order valence-corrected chi connectivity index (χ4v) is 2.10. The first-order valence-corrected chi connectivity index (χ1v) is 6.21. The van der Waals surface area contributed by atoms with Gasteiger partial charge in [0.05, 0.1) is 13.2 Å². The molecular weight excluding hydrogens is 212 g/mol. The zero-order chi connectivity index (χ0) is 11.1. The molecule has 1 rings (SSSR count). The molecule has 0 fully saturated rings. The normalized spacial score (nSPS) is 19.9. The molecule has 0 aliphatic carbocycles. The van der Waals surface area contributed by atoms with Crippen LogP contribution in [0.2, 0.25) is 0 Å². The third-order valence-electron chi connectivity index (χ3n) is 1.94. The van der Waals surface area contributed by atoms with Crippen LogP contribution in [0.5, 0.6) is 0 Å². The van der Waals surface area contributed by atoms with Gasteiger partial charge in [0, 0.05) is 18.2 Å². The van der Waals surface area contributed by atoms with Gasteiger partial charge in [-0.25, -0.2) is 0 Å². The van der Waals surface area contributed by atoms with Gasteiger partial charge in [0.15, 0.2) is 5.17 Å². The van der Waals surface area contributed by atoms with Gasteiger partial charge in [-0.05, 0) is 13.3 Å². The lowest BCUT2D eigenvalue weighted by atomic mass is 10.3. The Labute approximate surface area is 94.9 Å². The van der Waals surface area contributed by atoms with Crippen LogP contribution >= 0.6 is 11.8 Å². The van der Waals surface area contributed by atoms with Crippen molar-refractivity contribution in [1.29, 1.82) is 0 Å². The number of ether oxygens (including phenoxy) is 1. The van der Waals surface area contributed by atoms with Gasteiger partial charge < -0.3 is 10.1 Å². The first kappa shape index (κ1) is 12.4. The molecule has 0 aromatic rings. The maximum atomic E-state index is 11.0. The molecule has 1 N–H and O–H groups in total. The molecule has 0 amide bonds. The van der Waals surface area contributed by atoms with Crippen LogP contribution in [0.25, 0.3) is 0 Å². The summed E-state index contributed by atoms with van der Waals surface area (Å²) >= 11 is 1.76. The topological polar surface area (TPSA) is 50.7 Å². The van der Waals surface area contributed by atoms with E-state index in [-0.39, 0.29) is 5.97 Å². The quantitative estimate of drug-likeness (QED) is 0.573. The van der Waals surface area contributed by atoms with Gasteiger partial charge in [0.25, 0.3) is 0 Å². The first-order valence-electron chi connectivity index (χ1n) is 5.33. The van der Waals surface area contributed by atoms with Gasteiger partial charge in [-0.15, -0.1) is 0 Å². The molecule has 5 heteroatoms. The van der Waals surface area contributed by atoms with Crippen molar-refractivity contribution in [3.8, 4) is 0 Å². The number of carbonyl (C=O) groups excluding carboxylic acids is 1. The van der Waals surface area contributed by atoms with Crippen LogP contribution in [0.15, 0.2) is 4.99 Å². The van der Waals surface area contributed by atoms with Gasteiger partial charge in [0.1, 0.15) is 0 Å². The maximum Gasteiger partial charge on any atom is 0.305 e. The van der Waals surface area contributed by atoms with Gasteiger partial charge in [-0.3, -0.25) is 9.79 Å². The second-order valence-corrected chi connectivity index (χ2v) is 4.84. The molecule has 1 unspecified atom stereocenters. The molecule has 1 atom stereocenters. The van der Waals surface area contributed by atoms with Crippen LogP contribution in [0.1, 0.15) is 26.7 Å². The molecule has 0 bridgehead atoms. The lowest BCUT2D eigenvalue weighted by molar-refractivity contribution is -0.143. The highest BCUT2D eigenvalue weighted by molar-refractivity contribution is 8.14. The number of carbonyl (C=O) groups is 1. The highest BCUT2D eigenvalue weighted by atomic mass is 32.2. The molecule has 0 spiro atoms. The van der Waals surface area contributed by atoms with E-state index in [0.717, 1.165) is 24.7 Å². The average molecular weight is 230 g/mol. The van der Waals surface area contributed by atoms with Crippen LogP contribution in [0.3, 0.4) is 0 Å². The number of esters is 1. The Morgan fingerprint density at radius 2 is 2.53 bits per heavy atom. The minimum absolute atomic E-state index is 0.117. The summed E-state index contributed by atoms with van der Waals surface area (Å²) in [5, 5.41) is 4.80. The Bertz CT molecular complexity index is 244. The number of nitrogens with zero attached hydrogens (tertiary/aromatic N) is 1. The summed E-state index contributed by atoms with van der Waals surface area (Å²) in [5.41, 5.74) is 0. The molecule has 0 saturated carbocycles. The summed E-state index contributed by atoms with van der Waals surface area (Å²) in [6.45, 7) is 6.12. The Morgan fingerprint density at radius 3 is 3.13 bits per heavy atom. The van der Waals surface area contributed by atoms with E-state index in [4.69, 9.17) is 4.74 Å².